The first kappa shape index (κ1) is 20.6. The number of rotatable bonds is 6. The minimum atomic E-state index is -3.85. The summed E-state index contributed by atoms with van der Waals surface area (Å²) in [5, 5.41) is 9.34. The molecule has 1 fully saturated rings. The fourth-order valence-corrected chi connectivity index (χ4v) is 5.32. The fraction of sp³-hybridized carbons (Fsp3) is 0.333. The summed E-state index contributed by atoms with van der Waals surface area (Å²) in [7, 11) is -3.85. The van der Waals surface area contributed by atoms with Crippen molar-refractivity contribution >= 4 is 15.9 Å². The Hall–Kier alpha value is -3.31. The molecule has 0 bridgehead atoms. The van der Waals surface area contributed by atoms with E-state index in [1.165, 1.54) is 10.4 Å². The van der Waals surface area contributed by atoms with Crippen LogP contribution in [0.15, 0.2) is 52.1 Å². The number of piperidine rings is 1. The number of H-pyrrole nitrogens is 1. The highest BCUT2D eigenvalue weighted by atomic mass is 32.2. The Kier molecular flexibility index (Phi) is 5.35. The second-order valence-corrected chi connectivity index (χ2v) is 9.57. The fourth-order valence-electron chi connectivity index (χ4n) is 3.88. The number of hydrogen-bond acceptors (Lipinski definition) is 7. The number of aromatic amines is 1. The Morgan fingerprint density at radius 2 is 2.06 bits per heavy atom. The number of fused-ring (bicyclic) bond motifs is 1. The van der Waals surface area contributed by atoms with Gasteiger partial charge < -0.3 is 19.2 Å². The highest BCUT2D eigenvalue weighted by Gasteiger charge is 2.35. The number of carbonyl (C=O) groups is 1. The highest BCUT2D eigenvalue weighted by Crippen LogP contribution is 2.32. The number of hydrogen-bond donors (Lipinski definition) is 2. The zero-order chi connectivity index (χ0) is 22.1. The Labute approximate surface area is 184 Å². The van der Waals surface area contributed by atoms with Crippen LogP contribution < -0.4 is 14.8 Å². The predicted molar refractivity (Wildman–Crippen MR) is 112 cm³/mol. The van der Waals surface area contributed by atoms with Crippen LogP contribution in [0.25, 0.3) is 11.5 Å². The number of amides is 1. The van der Waals surface area contributed by atoms with Gasteiger partial charge in [0.1, 0.15) is 5.69 Å². The minimum absolute atomic E-state index is 0.107. The van der Waals surface area contributed by atoms with Gasteiger partial charge in [-0.05, 0) is 48.7 Å². The molecular formula is C21H22N4O6S. The number of benzene rings is 1. The lowest BCUT2D eigenvalue weighted by atomic mass is 9.98. The quantitative estimate of drug-likeness (QED) is 0.579. The molecule has 0 aliphatic carbocycles. The van der Waals surface area contributed by atoms with E-state index in [1.807, 2.05) is 12.1 Å². The summed E-state index contributed by atoms with van der Waals surface area (Å²) in [6, 6.07) is 10.2. The third-order valence-electron chi connectivity index (χ3n) is 5.60. The van der Waals surface area contributed by atoms with E-state index < -0.39 is 15.9 Å². The van der Waals surface area contributed by atoms with Gasteiger partial charge in [-0.15, -0.1) is 0 Å². The summed E-state index contributed by atoms with van der Waals surface area (Å²) < 4.78 is 43.7. The monoisotopic (exact) mass is 458 g/mol. The molecule has 2 aromatic heterocycles. The van der Waals surface area contributed by atoms with Gasteiger partial charge in [-0.1, -0.05) is 6.07 Å². The molecule has 1 unspecified atom stereocenters. The maximum atomic E-state index is 13.1. The van der Waals surface area contributed by atoms with E-state index in [9.17, 15) is 13.2 Å². The van der Waals surface area contributed by atoms with Crippen molar-refractivity contribution in [2.75, 3.05) is 19.9 Å². The normalized spacial score (nSPS) is 18.6. The number of nitrogens with zero attached hydrogens (tertiary/aromatic N) is 2. The molecule has 0 spiro atoms. The standard InChI is InChI=1S/C21H22N4O6S/c26-21(22-11-14-3-4-18-19(10-14)30-13-29-18)15-2-1-9-25(12-15)32(27,28)20-6-5-17(31-20)16-7-8-23-24-16/h3-8,10,15H,1-2,9,11-13H2,(H,22,26)(H,23,24). The van der Waals surface area contributed by atoms with Gasteiger partial charge in [0.15, 0.2) is 17.3 Å². The van der Waals surface area contributed by atoms with Crippen LogP contribution in [0.2, 0.25) is 0 Å². The Bertz CT molecular complexity index is 1220. The van der Waals surface area contributed by atoms with Crippen molar-refractivity contribution in [2.45, 2.75) is 24.5 Å². The molecule has 2 aliphatic rings. The summed E-state index contributed by atoms with van der Waals surface area (Å²) in [4.78, 5) is 12.8. The molecule has 1 saturated heterocycles. The molecule has 0 radical (unpaired) electrons. The lowest BCUT2D eigenvalue weighted by Gasteiger charge is -2.30. The predicted octanol–water partition coefficient (Wildman–Crippen LogP) is 2.12. The van der Waals surface area contributed by atoms with Crippen LogP contribution in [0.5, 0.6) is 11.5 Å². The molecule has 168 valence electrons. The van der Waals surface area contributed by atoms with Crippen molar-refractivity contribution in [2.24, 2.45) is 5.92 Å². The van der Waals surface area contributed by atoms with E-state index >= 15 is 0 Å². The van der Waals surface area contributed by atoms with Crippen LogP contribution in [0.3, 0.4) is 0 Å². The Morgan fingerprint density at radius 1 is 1.19 bits per heavy atom. The Morgan fingerprint density at radius 3 is 2.91 bits per heavy atom. The van der Waals surface area contributed by atoms with Gasteiger partial charge in [0, 0.05) is 25.8 Å². The maximum absolute atomic E-state index is 13.1. The molecule has 4 heterocycles. The van der Waals surface area contributed by atoms with Gasteiger partial charge in [-0.3, -0.25) is 9.89 Å². The van der Waals surface area contributed by atoms with E-state index in [1.54, 1.807) is 24.4 Å². The molecule has 1 aromatic carbocycles. The first-order valence-corrected chi connectivity index (χ1v) is 11.7. The topological polar surface area (TPSA) is 127 Å². The number of furan rings is 1. The molecule has 2 aliphatic heterocycles. The van der Waals surface area contributed by atoms with Crippen molar-refractivity contribution < 1.29 is 27.1 Å². The third-order valence-corrected chi connectivity index (χ3v) is 7.34. The first-order chi connectivity index (χ1) is 15.5. The number of aromatic nitrogens is 2. The number of carbonyl (C=O) groups excluding carboxylic acids is 1. The summed E-state index contributed by atoms with van der Waals surface area (Å²) in [6.07, 6.45) is 2.77. The van der Waals surface area contributed by atoms with Crippen molar-refractivity contribution in [1.29, 1.82) is 0 Å². The lowest BCUT2D eigenvalue weighted by Crippen LogP contribution is -2.45. The number of sulfonamides is 1. The van der Waals surface area contributed by atoms with Crippen molar-refractivity contribution in [3.63, 3.8) is 0 Å². The van der Waals surface area contributed by atoms with Gasteiger partial charge in [0.05, 0.1) is 5.92 Å². The van der Waals surface area contributed by atoms with Crippen LogP contribution in [-0.2, 0) is 21.4 Å². The molecule has 32 heavy (non-hydrogen) atoms. The highest BCUT2D eigenvalue weighted by molar-refractivity contribution is 7.89. The number of nitrogens with one attached hydrogen (secondary N) is 2. The van der Waals surface area contributed by atoms with Gasteiger partial charge in [0.2, 0.25) is 17.8 Å². The van der Waals surface area contributed by atoms with E-state index in [0.717, 1.165) is 5.56 Å². The molecule has 2 N–H and O–H groups in total. The van der Waals surface area contributed by atoms with Crippen molar-refractivity contribution in [1.82, 2.24) is 19.8 Å². The number of ether oxygens (including phenoxy) is 2. The van der Waals surface area contributed by atoms with Crippen LogP contribution in [0.1, 0.15) is 18.4 Å². The molecule has 1 atom stereocenters. The zero-order valence-corrected chi connectivity index (χ0v) is 17.9. The lowest BCUT2D eigenvalue weighted by molar-refractivity contribution is -0.126. The zero-order valence-electron chi connectivity index (χ0n) is 17.1. The van der Waals surface area contributed by atoms with Crippen LogP contribution >= 0.6 is 0 Å². The second-order valence-electron chi connectivity index (χ2n) is 7.70. The van der Waals surface area contributed by atoms with E-state index in [2.05, 4.69) is 15.5 Å². The molecule has 10 nitrogen and oxygen atoms in total. The minimum Gasteiger partial charge on any atom is -0.454 e. The van der Waals surface area contributed by atoms with Gasteiger partial charge >= 0.3 is 0 Å². The summed E-state index contributed by atoms with van der Waals surface area (Å²) >= 11 is 0. The van der Waals surface area contributed by atoms with Gasteiger partial charge in [-0.25, -0.2) is 8.42 Å². The van der Waals surface area contributed by atoms with Crippen LogP contribution in [0, 0.1) is 5.92 Å². The van der Waals surface area contributed by atoms with Crippen molar-refractivity contribution in [3.05, 3.63) is 48.2 Å². The second kappa shape index (κ2) is 8.32. The van der Waals surface area contributed by atoms with Gasteiger partial charge in [0.25, 0.3) is 10.0 Å². The third kappa shape index (κ3) is 3.96. The Balaban J connectivity index is 1.23. The summed E-state index contributed by atoms with van der Waals surface area (Å²) in [5.41, 5.74) is 1.47. The molecule has 0 saturated carbocycles. The average molecular weight is 458 g/mol. The molecule has 5 rings (SSSR count). The van der Waals surface area contributed by atoms with Crippen molar-refractivity contribution in [3.8, 4) is 23.0 Å². The van der Waals surface area contributed by atoms with E-state index in [4.69, 9.17) is 13.9 Å². The molecule has 11 heteroatoms. The summed E-state index contributed by atoms with van der Waals surface area (Å²) in [5.74, 6) is 1.10. The van der Waals surface area contributed by atoms with Crippen LogP contribution in [0.4, 0.5) is 0 Å². The SMILES string of the molecule is O=C(NCc1ccc2c(c1)OCO2)C1CCCN(S(=O)(=O)c2ccc(-c3ccn[nH]3)o2)C1. The largest absolute Gasteiger partial charge is 0.454 e. The maximum Gasteiger partial charge on any atom is 0.276 e. The summed E-state index contributed by atoms with van der Waals surface area (Å²) in [6.45, 7) is 0.963. The molecule has 1 amide bonds. The van der Waals surface area contributed by atoms with E-state index in [0.29, 0.717) is 48.9 Å². The average Bonchev–Trinajstić information content (AvgIpc) is 3.58. The van der Waals surface area contributed by atoms with Crippen LogP contribution in [-0.4, -0.2) is 48.7 Å². The first-order valence-electron chi connectivity index (χ1n) is 10.3. The smallest absolute Gasteiger partial charge is 0.276 e. The van der Waals surface area contributed by atoms with E-state index in [-0.39, 0.29) is 24.3 Å². The molecular weight excluding hydrogens is 436 g/mol. The molecule has 3 aromatic rings. The van der Waals surface area contributed by atoms with Gasteiger partial charge in [-0.2, -0.15) is 9.40 Å².